The molecule has 110 valence electrons. The number of hydrogen-bond acceptors (Lipinski definition) is 4. The Kier molecular flexibility index (Phi) is 3.38. The van der Waals surface area contributed by atoms with Gasteiger partial charge in [0.05, 0.1) is 16.3 Å². The van der Waals surface area contributed by atoms with Gasteiger partial charge in [0.25, 0.3) is 0 Å². The largest absolute Gasteiger partial charge is 0.481 e. The van der Waals surface area contributed by atoms with Gasteiger partial charge in [0, 0.05) is 24.7 Å². The molecule has 0 amide bonds. The predicted molar refractivity (Wildman–Crippen MR) is 76.2 cm³/mol. The molecule has 1 aromatic heterocycles. The quantitative estimate of drug-likeness (QED) is 0.924. The zero-order valence-corrected chi connectivity index (χ0v) is 12.0. The van der Waals surface area contributed by atoms with Gasteiger partial charge in [-0.1, -0.05) is 6.07 Å². The van der Waals surface area contributed by atoms with Gasteiger partial charge in [0.15, 0.2) is 0 Å². The minimum atomic E-state index is -3.65. The van der Waals surface area contributed by atoms with E-state index < -0.39 is 21.9 Å². The maximum Gasteiger partial charge on any atom is 0.307 e. The molecule has 1 fully saturated rings. The molecule has 2 heterocycles. The van der Waals surface area contributed by atoms with E-state index in [2.05, 4.69) is 4.98 Å². The average molecular weight is 306 g/mol. The zero-order chi connectivity index (χ0) is 15.0. The van der Waals surface area contributed by atoms with Crippen LogP contribution in [-0.2, 0) is 14.8 Å². The Morgan fingerprint density at radius 1 is 1.33 bits per heavy atom. The van der Waals surface area contributed by atoms with Gasteiger partial charge in [-0.3, -0.25) is 9.78 Å². The van der Waals surface area contributed by atoms with Crippen molar-refractivity contribution in [3.05, 3.63) is 36.5 Å². The Morgan fingerprint density at radius 3 is 2.86 bits per heavy atom. The van der Waals surface area contributed by atoms with E-state index in [1.54, 1.807) is 30.5 Å². The lowest BCUT2D eigenvalue weighted by Crippen LogP contribution is -2.30. The fourth-order valence-corrected chi connectivity index (χ4v) is 4.05. The second-order valence-electron chi connectivity index (χ2n) is 5.04. The first kappa shape index (κ1) is 14.0. The second-order valence-corrected chi connectivity index (χ2v) is 6.98. The van der Waals surface area contributed by atoms with Crippen LogP contribution >= 0.6 is 0 Å². The van der Waals surface area contributed by atoms with Gasteiger partial charge in [-0.2, -0.15) is 4.31 Å². The van der Waals surface area contributed by atoms with E-state index >= 15 is 0 Å². The van der Waals surface area contributed by atoms with E-state index in [1.165, 1.54) is 10.4 Å². The summed E-state index contributed by atoms with van der Waals surface area (Å²) in [6.45, 7) is 0.271. The van der Waals surface area contributed by atoms with Crippen molar-refractivity contribution < 1.29 is 18.3 Å². The van der Waals surface area contributed by atoms with Gasteiger partial charge in [0.1, 0.15) is 0 Å². The number of carboxylic acid groups (broad SMARTS) is 1. The first-order valence-electron chi connectivity index (χ1n) is 6.56. The van der Waals surface area contributed by atoms with Gasteiger partial charge in [0.2, 0.25) is 10.0 Å². The van der Waals surface area contributed by atoms with Crippen LogP contribution in [0.4, 0.5) is 0 Å². The molecule has 3 rings (SSSR count). The normalized spacial score (nSPS) is 19.9. The fourth-order valence-electron chi connectivity index (χ4n) is 2.51. The van der Waals surface area contributed by atoms with E-state index in [-0.39, 0.29) is 18.0 Å². The number of benzene rings is 1. The van der Waals surface area contributed by atoms with Crippen LogP contribution in [0, 0.1) is 5.92 Å². The highest BCUT2D eigenvalue weighted by Crippen LogP contribution is 2.26. The van der Waals surface area contributed by atoms with Crippen LogP contribution in [0.2, 0.25) is 0 Å². The Labute approximate surface area is 122 Å². The third kappa shape index (κ3) is 2.50. The molecule has 1 aliphatic rings. The number of rotatable bonds is 3. The maximum atomic E-state index is 12.6. The molecule has 1 saturated heterocycles. The molecule has 1 aromatic carbocycles. The monoisotopic (exact) mass is 306 g/mol. The highest BCUT2D eigenvalue weighted by molar-refractivity contribution is 7.89. The molecular formula is C14H14N2O4S. The lowest BCUT2D eigenvalue weighted by Gasteiger charge is -2.16. The van der Waals surface area contributed by atoms with Gasteiger partial charge in [-0.15, -0.1) is 0 Å². The number of aromatic nitrogens is 1. The number of fused-ring (bicyclic) bond motifs is 1. The second kappa shape index (κ2) is 5.09. The summed E-state index contributed by atoms with van der Waals surface area (Å²) in [5.41, 5.74) is 0.723. The SMILES string of the molecule is O=C(O)C1CCN(S(=O)(=O)c2ccc3ncccc3c2)C1. The summed E-state index contributed by atoms with van der Waals surface area (Å²) in [5, 5.41) is 9.72. The molecule has 1 unspecified atom stereocenters. The minimum absolute atomic E-state index is 0.0305. The van der Waals surface area contributed by atoms with Crippen molar-refractivity contribution in [3.8, 4) is 0 Å². The Bertz CT molecular complexity index is 803. The Morgan fingerprint density at radius 2 is 2.14 bits per heavy atom. The average Bonchev–Trinajstić information content (AvgIpc) is 2.97. The van der Waals surface area contributed by atoms with Crippen LogP contribution in [0.3, 0.4) is 0 Å². The smallest absolute Gasteiger partial charge is 0.307 e. The van der Waals surface area contributed by atoms with Crippen molar-refractivity contribution in [1.29, 1.82) is 0 Å². The van der Waals surface area contributed by atoms with Gasteiger partial charge >= 0.3 is 5.97 Å². The summed E-state index contributed by atoms with van der Waals surface area (Å²) in [6.07, 6.45) is 2.00. The van der Waals surface area contributed by atoms with Gasteiger partial charge in [-0.25, -0.2) is 8.42 Å². The van der Waals surface area contributed by atoms with Crippen LogP contribution in [0.5, 0.6) is 0 Å². The van der Waals surface area contributed by atoms with Crippen molar-refractivity contribution >= 4 is 26.9 Å². The zero-order valence-electron chi connectivity index (χ0n) is 11.1. The number of aliphatic carboxylic acids is 1. The van der Waals surface area contributed by atoms with Crippen molar-refractivity contribution in [3.63, 3.8) is 0 Å². The van der Waals surface area contributed by atoms with Crippen LogP contribution in [0.15, 0.2) is 41.4 Å². The first-order chi connectivity index (χ1) is 9.98. The lowest BCUT2D eigenvalue weighted by atomic mass is 10.1. The molecule has 21 heavy (non-hydrogen) atoms. The summed E-state index contributed by atoms with van der Waals surface area (Å²) in [4.78, 5) is 15.3. The number of pyridine rings is 1. The molecule has 0 aliphatic carbocycles. The summed E-state index contributed by atoms with van der Waals surface area (Å²) < 4.78 is 26.4. The van der Waals surface area contributed by atoms with Crippen molar-refractivity contribution in [2.24, 2.45) is 5.92 Å². The molecule has 0 spiro atoms. The van der Waals surface area contributed by atoms with E-state index in [0.717, 1.165) is 10.9 Å². The molecule has 1 N–H and O–H groups in total. The predicted octanol–water partition coefficient (Wildman–Crippen LogP) is 1.33. The highest BCUT2D eigenvalue weighted by Gasteiger charge is 2.35. The molecule has 0 bridgehead atoms. The molecule has 6 nitrogen and oxygen atoms in total. The number of carboxylic acids is 1. The maximum absolute atomic E-state index is 12.6. The molecule has 2 aromatic rings. The van der Waals surface area contributed by atoms with E-state index in [9.17, 15) is 13.2 Å². The molecule has 0 radical (unpaired) electrons. The highest BCUT2D eigenvalue weighted by atomic mass is 32.2. The molecule has 1 atom stereocenters. The first-order valence-corrected chi connectivity index (χ1v) is 8.00. The number of hydrogen-bond donors (Lipinski definition) is 1. The van der Waals surface area contributed by atoms with Crippen molar-refractivity contribution in [1.82, 2.24) is 9.29 Å². The van der Waals surface area contributed by atoms with Crippen LogP contribution < -0.4 is 0 Å². The minimum Gasteiger partial charge on any atom is -0.481 e. The topological polar surface area (TPSA) is 87.6 Å². The summed E-state index contributed by atoms with van der Waals surface area (Å²) in [6, 6.07) is 8.29. The number of sulfonamides is 1. The molecule has 0 saturated carbocycles. The van der Waals surface area contributed by atoms with Crippen LogP contribution in [0.1, 0.15) is 6.42 Å². The molecular weight excluding hydrogens is 292 g/mol. The molecule has 7 heteroatoms. The van der Waals surface area contributed by atoms with Crippen LogP contribution in [-0.4, -0.2) is 41.9 Å². The van der Waals surface area contributed by atoms with Crippen molar-refractivity contribution in [2.75, 3.05) is 13.1 Å². The third-order valence-electron chi connectivity index (χ3n) is 3.71. The van der Waals surface area contributed by atoms with Crippen LogP contribution in [0.25, 0.3) is 10.9 Å². The van der Waals surface area contributed by atoms with Gasteiger partial charge < -0.3 is 5.11 Å². The molecule has 1 aliphatic heterocycles. The van der Waals surface area contributed by atoms with Crippen molar-refractivity contribution in [2.45, 2.75) is 11.3 Å². The Balaban J connectivity index is 1.95. The standard InChI is InChI=1S/C14H14N2O4S/c17-14(18)11-5-7-16(9-11)21(19,20)12-3-4-13-10(8-12)2-1-6-15-13/h1-4,6,8,11H,5,7,9H2,(H,17,18). The number of nitrogens with zero attached hydrogens (tertiary/aromatic N) is 2. The van der Waals surface area contributed by atoms with E-state index in [4.69, 9.17) is 5.11 Å². The Hall–Kier alpha value is -1.99. The van der Waals surface area contributed by atoms with E-state index in [0.29, 0.717) is 6.42 Å². The number of carbonyl (C=O) groups is 1. The lowest BCUT2D eigenvalue weighted by molar-refractivity contribution is -0.141. The summed E-state index contributed by atoms with van der Waals surface area (Å²) >= 11 is 0. The third-order valence-corrected chi connectivity index (χ3v) is 5.57. The van der Waals surface area contributed by atoms with Gasteiger partial charge in [-0.05, 0) is 30.7 Å². The summed E-state index contributed by atoms with van der Waals surface area (Å²) in [7, 11) is -3.65. The van der Waals surface area contributed by atoms with E-state index in [1.807, 2.05) is 0 Å². The summed E-state index contributed by atoms with van der Waals surface area (Å²) in [5.74, 6) is -1.57. The fraction of sp³-hybridized carbons (Fsp3) is 0.286.